The molecule has 3 aromatic rings. The van der Waals surface area contributed by atoms with Crippen LogP contribution in [0.1, 0.15) is 78.4 Å². The minimum atomic E-state index is -0.170. The molecule has 0 aliphatic carbocycles. The van der Waals surface area contributed by atoms with E-state index in [0.717, 1.165) is 50.1 Å². The third-order valence-electron chi connectivity index (χ3n) is 6.25. The van der Waals surface area contributed by atoms with Crippen molar-refractivity contribution in [3.63, 3.8) is 0 Å². The van der Waals surface area contributed by atoms with Gasteiger partial charge in [-0.15, -0.1) is 0 Å². The number of aryl methyl sites for hydroxylation is 7. The molecule has 32 heavy (non-hydrogen) atoms. The molecule has 0 aliphatic heterocycles. The smallest absolute Gasteiger partial charge is 0.168 e. The second-order valence-corrected chi connectivity index (χ2v) is 9.30. The summed E-state index contributed by atoms with van der Waals surface area (Å²) in [5.74, 6) is 0.0307. The topological polar surface area (TPSA) is 38.0 Å². The zero-order chi connectivity index (χ0) is 23.6. The summed E-state index contributed by atoms with van der Waals surface area (Å²) in [6, 6.07) is 12.3. The number of hydrogen-bond acceptors (Lipinski definition) is 2. The Labute approximate surface area is 192 Å². The Hall–Kier alpha value is -3.07. The van der Waals surface area contributed by atoms with Crippen LogP contribution in [0.3, 0.4) is 0 Å². The van der Waals surface area contributed by atoms with Crippen molar-refractivity contribution in [2.45, 2.75) is 60.3 Å². The second kappa shape index (κ2) is 9.60. The molecular formula is C29H34NO2+. The normalized spacial score (nSPS) is 11.1. The van der Waals surface area contributed by atoms with E-state index in [1.807, 2.05) is 77.7 Å². The van der Waals surface area contributed by atoms with E-state index in [4.69, 9.17) is 0 Å². The molecular weight excluding hydrogens is 394 g/mol. The molecule has 2 aromatic carbocycles. The van der Waals surface area contributed by atoms with Gasteiger partial charge >= 0.3 is 0 Å². The lowest BCUT2D eigenvalue weighted by molar-refractivity contribution is -0.671. The fourth-order valence-corrected chi connectivity index (χ4v) is 4.98. The molecule has 0 saturated heterocycles. The fourth-order valence-electron chi connectivity index (χ4n) is 4.98. The molecule has 0 spiro atoms. The lowest BCUT2D eigenvalue weighted by Gasteiger charge is -2.19. The first-order chi connectivity index (χ1) is 15.1. The number of aromatic nitrogens is 1. The number of benzene rings is 2. The number of carbonyl (C=O) groups excluding carboxylic acids is 2. The summed E-state index contributed by atoms with van der Waals surface area (Å²) in [4.78, 5) is 26.9. The molecule has 0 radical (unpaired) electrons. The zero-order valence-electron chi connectivity index (χ0n) is 20.4. The van der Waals surface area contributed by atoms with E-state index in [2.05, 4.69) is 24.3 Å². The van der Waals surface area contributed by atoms with Crippen molar-refractivity contribution in [1.29, 1.82) is 0 Å². The predicted octanol–water partition coefficient (Wildman–Crippen LogP) is 5.99. The van der Waals surface area contributed by atoms with Gasteiger partial charge in [-0.2, -0.15) is 0 Å². The molecule has 0 amide bonds. The maximum absolute atomic E-state index is 13.4. The summed E-state index contributed by atoms with van der Waals surface area (Å²) < 4.78 is 1.97. The zero-order valence-corrected chi connectivity index (χ0v) is 20.4. The predicted molar refractivity (Wildman–Crippen MR) is 130 cm³/mol. The third-order valence-corrected chi connectivity index (χ3v) is 6.25. The van der Waals surface area contributed by atoms with E-state index in [1.165, 1.54) is 0 Å². The van der Waals surface area contributed by atoms with Gasteiger partial charge in [-0.05, 0) is 75.3 Å². The Bertz CT molecular complexity index is 1050. The molecule has 0 atom stereocenters. The highest BCUT2D eigenvalue weighted by molar-refractivity contribution is 6.02. The van der Waals surface area contributed by atoms with E-state index >= 15 is 0 Å². The van der Waals surface area contributed by atoms with Crippen molar-refractivity contribution in [3.8, 4) is 0 Å². The molecule has 3 heteroatoms. The monoisotopic (exact) mass is 428 g/mol. The largest absolute Gasteiger partial charge is 0.294 e. The van der Waals surface area contributed by atoms with Gasteiger partial charge in [0.1, 0.15) is 7.05 Å². The van der Waals surface area contributed by atoms with Crippen molar-refractivity contribution in [3.05, 3.63) is 98.9 Å². The Morgan fingerprint density at radius 3 is 1.38 bits per heavy atom. The van der Waals surface area contributed by atoms with Gasteiger partial charge in [0.15, 0.2) is 24.0 Å². The van der Waals surface area contributed by atoms with Crippen LogP contribution < -0.4 is 4.57 Å². The van der Waals surface area contributed by atoms with Crippen LogP contribution in [0.4, 0.5) is 0 Å². The van der Waals surface area contributed by atoms with Crippen LogP contribution in [-0.2, 0) is 7.05 Å². The molecule has 1 heterocycles. The number of nitrogens with zero attached hydrogens (tertiary/aromatic N) is 1. The van der Waals surface area contributed by atoms with Gasteiger partial charge < -0.3 is 0 Å². The fraction of sp³-hybridized carbons (Fsp3) is 0.345. The third kappa shape index (κ3) is 5.21. The highest BCUT2D eigenvalue weighted by Gasteiger charge is 2.25. The molecule has 3 rings (SSSR count). The van der Waals surface area contributed by atoms with Crippen LogP contribution in [0.25, 0.3) is 0 Å². The summed E-state index contributed by atoms with van der Waals surface area (Å²) >= 11 is 0. The molecule has 0 fully saturated rings. The van der Waals surface area contributed by atoms with E-state index in [-0.39, 0.29) is 17.5 Å². The minimum absolute atomic E-state index is 0.100. The first-order valence-corrected chi connectivity index (χ1v) is 11.2. The number of carbonyl (C=O) groups is 2. The number of Topliss-reactive ketones (excluding diaryl/α,β-unsaturated/α-hetero) is 2. The quantitative estimate of drug-likeness (QED) is 0.342. The molecule has 0 bridgehead atoms. The average molecular weight is 429 g/mol. The maximum Gasteiger partial charge on any atom is 0.168 e. The van der Waals surface area contributed by atoms with Crippen LogP contribution >= 0.6 is 0 Å². The van der Waals surface area contributed by atoms with E-state index in [1.54, 1.807) is 0 Å². The minimum Gasteiger partial charge on any atom is -0.294 e. The molecule has 166 valence electrons. The Balaban J connectivity index is 1.96. The van der Waals surface area contributed by atoms with Crippen molar-refractivity contribution in [2.75, 3.05) is 0 Å². The summed E-state index contributed by atoms with van der Waals surface area (Å²) in [6.07, 6.45) is 4.58. The highest BCUT2D eigenvalue weighted by Crippen LogP contribution is 2.30. The average Bonchev–Trinajstić information content (AvgIpc) is 2.66. The van der Waals surface area contributed by atoms with Crippen molar-refractivity contribution >= 4 is 11.6 Å². The lowest BCUT2D eigenvalue weighted by Crippen LogP contribution is -2.26. The Morgan fingerprint density at radius 1 is 0.688 bits per heavy atom. The lowest BCUT2D eigenvalue weighted by atomic mass is 9.83. The van der Waals surface area contributed by atoms with Crippen LogP contribution in [0.5, 0.6) is 0 Å². The number of rotatable bonds is 7. The van der Waals surface area contributed by atoms with Crippen molar-refractivity contribution < 1.29 is 14.2 Å². The molecule has 0 saturated carbocycles. The molecule has 3 nitrogen and oxygen atoms in total. The Morgan fingerprint density at radius 2 is 1.03 bits per heavy atom. The number of ketones is 2. The van der Waals surface area contributed by atoms with Crippen LogP contribution in [0.15, 0.2) is 48.8 Å². The SMILES string of the molecule is Cc1cc(C)c(C(=O)CC(CC(=O)c2c(C)cc(C)cc2C)c2cc[n+](C)cc2)c(C)c1. The molecule has 0 aliphatic rings. The first-order valence-electron chi connectivity index (χ1n) is 11.2. The standard InChI is InChI=1S/C29H34NO2/c1-18-12-20(3)28(21(4)13-18)26(31)16-25(24-8-10-30(7)11-9-24)17-27(32)29-22(5)14-19(2)15-23(29)6/h8-15,25H,16-17H2,1-7H3/q+1. The molecule has 0 N–H and O–H groups in total. The van der Waals surface area contributed by atoms with Gasteiger partial charge in [0.25, 0.3) is 0 Å². The number of pyridine rings is 1. The van der Waals surface area contributed by atoms with Gasteiger partial charge in [-0.1, -0.05) is 35.4 Å². The van der Waals surface area contributed by atoms with Crippen molar-refractivity contribution in [1.82, 2.24) is 0 Å². The summed E-state index contributed by atoms with van der Waals surface area (Å²) in [5.41, 5.74) is 8.92. The van der Waals surface area contributed by atoms with Crippen molar-refractivity contribution in [2.24, 2.45) is 7.05 Å². The van der Waals surface area contributed by atoms with Crippen LogP contribution in [0.2, 0.25) is 0 Å². The van der Waals surface area contributed by atoms with Crippen LogP contribution in [-0.4, -0.2) is 11.6 Å². The van der Waals surface area contributed by atoms with Gasteiger partial charge in [0, 0.05) is 36.1 Å². The number of hydrogen-bond donors (Lipinski definition) is 0. The second-order valence-electron chi connectivity index (χ2n) is 9.30. The summed E-state index contributed by atoms with van der Waals surface area (Å²) in [5, 5.41) is 0. The molecule has 1 aromatic heterocycles. The van der Waals surface area contributed by atoms with Gasteiger partial charge in [0.05, 0.1) is 0 Å². The van der Waals surface area contributed by atoms with Gasteiger partial charge in [-0.3, -0.25) is 9.59 Å². The maximum atomic E-state index is 13.4. The van der Waals surface area contributed by atoms with E-state index < -0.39 is 0 Å². The van der Waals surface area contributed by atoms with E-state index in [0.29, 0.717) is 12.8 Å². The summed E-state index contributed by atoms with van der Waals surface area (Å²) in [6.45, 7) is 12.1. The highest BCUT2D eigenvalue weighted by atomic mass is 16.1. The molecule has 0 unspecified atom stereocenters. The van der Waals surface area contributed by atoms with Gasteiger partial charge in [-0.25, -0.2) is 4.57 Å². The Kier molecular flexibility index (Phi) is 7.08. The first kappa shape index (κ1) is 23.6. The van der Waals surface area contributed by atoms with Crippen LogP contribution in [0, 0.1) is 41.5 Å². The van der Waals surface area contributed by atoms with E-state index in [9.17, 15) is 9.59 Å². The van der Waals surface area contributed by atoms with Gasteiger partial charge in [0.2, 0.25) is 0 Å². The summed E-state index contributed by atoms with van der Waals surface area (Å²) in [7, 11) is 1.97.